The van der Waals surface area contributed by atoms with Crippen LogP contribution in [0.2, 0.25) is 0 Å². The van der Waals surface area contributed by atoms with Gasteiger partial charge in [0.05, 0.1) is 21.3 Å². The predicted molar refractivity (Wildman–Crippen MR) is 89.2 cm³/mol. The lowest BCUT2D eigenvalue weighted by Gasteiger charge is -2.14. The largest absolute Gasteiger partial charge is 0.493 e. The van der Waals surface area contributed by atoms with Crippen molar-refractivity contribution < 1.29 is 22.6 Å². The fourth-order valence-corrected chi connectivity index (χ4v) is 4.39. The van der Waals surface area contributed by atoms with E-state index >= 15 is 0 Å². The number of methoxy groups -OCH3 is 3. The second-order valence-electron chi connectivity index (χ2n) is 4.72. The lowest BCUT2D eigenvalue weighted by molar-refractivity contribution is 0.323. The number of thiophene rings is 1. The number of ether oxygens (including phenoxy) is 3. The van der Waals surface area contributed by atoms with E-state index in [2.05, 4.69) is 4.72 Å². The van der Waals surface area contributed by atoms with E-state index in [1.807, 2.05) is 6.92 Å². The molecule has 6 nitrogen and oxygen atoms in total. The van der Waals surface area contributed by atoms with E-state index in [1.54, 1.807) is 24.3 Å². The van der Waals surface area contributed by atoms with Crippen LogP contribution < -0.4 is 18.9 Å². The van der Waals surface area contributed by atoms with Gasteiger partial charge in [0.15, 0.2) is 11.5 Å². The van der Waals surface area contributed by atoms with Crippen LogP contribution >= 0.6 is 11.3 Å². The Labute approximate surface area is 140 Å². The Bertz CT molecular complexity index is 758. The fourth-order valence-electron chi connectivity index (χ4n) is 2.04. The monoisotopic (exact) mass is 357 g/mol. The summed E-state index contributed by atoms with van der Waals surface area (Å²) in [6.45, 7) is 1.99. The zero-order valence-corrected chi connectivity index (χ0v) is 15.0. The summed E-state index contributed by atoms with van der Waals surface area (Å²) in [6, 6.07) is 6.79. The smallest absolute Gasteiger partial charge is 0.250 e. The Morgan fingerprint density at radius 3 is 2.09 bits per heavy atom. The van der Waals surface area contributed by atoms with Gasteiger partial charge in [-0.25, -0.2) is 13.1 Å². The van der Waals surface area contributed by atoms with Gasteiger partial charge in [-0.1, -0.05) is 0 Å². The molecule has 0 atom stereocenters. The second-order valence-corrected chi connectivity index (χ2v) is 8.00. The normalized spacial score (nSPS) is 11.3. The van der Waals surface area contributed by atoms with Crippen molar-refractivity contribution in [3.05, 3.63) is 34.7 Å². The number of benzene rings is 1. The summed E-state index contributed by atoms with van der Waals surface area (Å²) in [7, 11) is 1.01. The van der Waals surface area contributed by atoms with Gasteiger partial charge in [0, 0.05) is 11.4 Å². The van der Waals surface area contributed by atoms with E-state index in [0.29, 0.717) is 27.0 Å². The third-order valence-corrected chi connectivity index (χ3v) is 6.07. The van der Waals surface area contributed by atoms with Crippen LogP contribution in [-0.2, 0) is 16.6 Å². The third-order valence-electron chi connectivity index (χ3n) is 3.17. The molecule has 1 N–H and O–H groups in total. The van der Waals surface area contributed by atoms with Crippen LogP contribution in [0.4, 0.5) is 0 Å². The maximum atomic E-state index is 12.3. The van der Waals surface area contributed by atoms with Gasteiger partial charge in [-0.05, 0) is 36.8 Å². The minimum Gasteiger partial charge on any atom is -0.493 e. The highest BCUT2D eigenvalue weighted by Gasteiger charge is 2.18. The number of aryl methyl sites for hydroxylation is 1. The van der Waals surface area contributed by atoms with Crippen LogP contribution in [-0.4, -0.2) is 29.7 Å². The first-order chi connectivity index (χ1) is 10.9. The first kappa shape index (κ1) is 17.6. The maximum absolute atomic E-state index is 12.3. The average Bonchev–Trinajstić information content (AvgIpc) is 2.99. The minimum absolute atomic E-state index is 0.121. The van der Waals surface area contributed by atoms with Gasteiger partial charge in [0.1, 0.15) is 4.21 Å². The molecular formula is C15H19NO5S2. The van der Waals surface area contributed by atoms with Crippen molar-refractivity contribution in [1.82, 2.24) is 4.72 Å². The lowest BCUT2D eigenvalue weighted by Crippen LogP contribution is -2.22. The van der Waals surface area contributed by atoms with Crippen LogP contribution in [0.25, 0.3) is 0 Å². The molecule has 1 aromatic carbocycles. The SMILES string of the molecule is COc1cc(CNS(=O)(=O)c2ccc(C)s2)cc(OC)c1OC. The molecule has 0 aliphatic heterocycles. The molecule has 0 bridgehead atoms. The molecule has 0 amide bonds. The third kappa shape index (κ3) is 3.95. The van der Waals surface area contributed by atoms with Crippen molar-refractivity contribution in [1.29, 1.82) is 0 Å². The molecule has 126 valence electrons. The zero-order valence-electron chi connectivity index (χ0n) is 13.4. The van der Waals surface area contributed by atoms with Crippen LogP contribution in [0.1, 0.15) is 10.4 Å². The van der Waals surface area contributed by atoms with Gasteiger partial charge in [-0.2, -0.15) is 0 Å². The molecule has 1 aromatic heterocycles. The topological polar surface area (TPSA) is 73.9 Å². The van der Waals surface area contributed by atoms with Crippen LogP contribution in [0.15, 0.2) is 28.5 Å². The Morgan fingerprint density at radius 1 is 1.04 bits per heavy atom. The van der Waals surface area contributed by atoms with Crippen molar-refractivity contribution >= 4 is 21.4 Å². The highest BCUT2D eigenvalue weighted by Crippen LogP contribution is 2.38. The summed E-state index contributed by atoms with van der Waals surface area (Å²) < 4.78 is 43.2. The van der Waals surface area contributed by atoms with E-state index in [0.717, 1.165) is 4.88 Å². The highest BCUT2D eigenvalue weighted by atomic mass is 32.2. The first-order valence-electron chi connectivity index (χ1n) is 6.76. The summed E-state index contributed by atoms with van der Waals surface area (Å²) in [4.78, 5) is 0.943. The number of nitrogens with one attached hydrogen (secondary N) is 1. The number of sulfonamides is 1. The molecule has 0 aliphatic rings. The average molecular weight is 357 g/mol. The molecule has 2 rings (SSSR count). The molecule has 23 heavy (non-hydrogen) atoms. The first-order valence-corrected chi connectivity index (χ1v) is 9.06. The summed E-state index contributed by atoms with van der Waals surface area (Å²) in [5, 5.41) is 0. The number of hydrogen-bond donors (Lipinski definition) is 1. The Balaban J connectivity index is 2.23. The Hall–Kier alpha value is -1.77. The quantitative estimate of drug-likeness (QED) is 0.824. The van der Waals surface area contributed by atoms with Gasteiger partial charge >= 0.3 is 0 Å². The zero-order chi connectivity index (χ0) is 17.0. The predicted octanol–water partition coefficient (Wildman–Crippen LogP) is 2.56. The second kappa shape index (κ2) is 7.20. The van der Waals surface area contributed by atoms with E-state index in [1.165, 1.54) is 32.7 Å². The van der Waals surface area contributed by atoms with Crippen LogP contribution in [0.3, 0.4) is 0 Å². The summed E-state index contributed by atoms with van der Waals surface area (Å²) in [5.41, 5.74) is 0.705. The highest BCUT2D eigenvalue weighted by molar-refractivity contribution is 7.91. The lowest BCUT2D eigenvalue weighted by atomic mass is 10.2. The molecule has 0 saturated heterocycles. The molecule has 8 heteroatoms. The fraction of sp³-hybridized carbons (Fsp3) is 0.333. The number of hydrogen-bond acceptors (Lipinski definition) is 6. The van der Waals surface area contributed by atoms with Crippen LogP contribution in [0, 0.1) is 6.92 Å². The van der Waals surface area contributed by atoms with E-state index in [4.69, 9.17) is 14.2 Å². The minimum atomic E-state index is -3.54. The maximum Gasteiger partial charge on any atom is 0.250 e. The molecule has 2 aromatic rings. The number of rotatable bonds is 7. The van der Waals surface area contributed by atoms with Crippen molar-refractivity contribution in [2.45, 2.75) is 17.7 Å². The summed E-state index contributed by atoms with van der Waals surface area (Å²) >= 11 is 1.23. The van der Waals surface area contributed by atoms with Gasteiger partial charge in [-0.15, -0.1) is 11.3 Å². The molecule has 0 aliphatic carbocycles. The van der Waals surface area contributed by atoms with E-state index in [9.17, 15) is 8.42 Å². The van der Waals surface area contributed by atoms with Gasteiger partial charge in [0.2, 0.25) is 15.8 Å². The molecule has 0 saturated carbocycles. The van der Waals surface area contributed by atoms with E-state index < -0.39 is 10.0 Å². The summed E-state index contributed by atoms with van der Waals surface area (Å²) in [6.07, 6.45) is 0. The molecule has 0 fully saturated rings. The van der Waals surface area contributed by atoms with Crippen molar-refractivity contribution in [2.24, 2.45) is 0 Å². The summed E-state index contributed by atoms with van der Waals surface area (Å²) in [5.74, 6) is 1.43. The molecule has 0 spiro atoms. The Kier molecular flexibility index (Phi) is 5.51. The van der Waals surface area contributed by atoms with Crippen molar-refractivity contribution in [3.63, 3.8) is 0 Å². The van der Waals surface area contributed by atoms with Gasteiger partial charge in [-0.3, -0.25) is 0 Å². The molecule has 1 heterocycles. The van der Waals surface area contributed by atoms with Crippen molar-refractivity contribution in [3.8, 4) is 17.2 Å². The van der Waals surface area contributed by atoms with Gasteiger partial charge < -0.3 is 14.2 Å². The van der Waals surface area contributed by atoms with Gasteiger partial charge in [0.25, 0.3) is 0 Å². The van der Waals surface area contributed by atoms with Crippen molar-refractivity contribution in [2.75, 3.05) is 21.3 Å². The van der Waals surface area contributed by atoms with E-state index in [-0.39, 0.29) is 6.54 Å². The molecule has 0 radical (unpaired) electrons. The molecular weight excluding hydrogens is 338 g/mol. The van der Waals surface area contributed by atoms with Crippen LogP contribution in [0.5, 0.6) is 17.2 Å². The molecule has 0 unspecified atom stereocenters. The standard InChI is InChI=1S/C15H19NO5S2/c1-10-5-6-14(22-10)23(17,18)16-9-11-7-12(19-2)15(21-4)13(8-11)20-3/h5-8,16H,9H2,1-4H3. The Morgan fingerprint density at radius 2 is 1.65 bits per heavy atom.